The van der Waals surface area contributed by atoms with Gasteiger partial charge in [-0.15, -0.1) is 0 Å². The van der Waals surface area contributed by atoms with Crippen molar-refractivity contribution in [2.45, 2.75) is 71.1 Å². The van der Waals surface area contributed by atoms with Crippen molar-refractivity contribution in [1.29, 1.82) is 0 Å². The molecule has 2 fully saturated rings. The number of methoxy groups -OCH3 is 1. The van der Waals surface area contributed by atoms with Crippen LogP contribution in [0.1, 0.15) is 68.9 Å². The summed E-state index contributed by atoms with van der Waals surface area (Å²) in [4.78, 5) is 43.2. The lowest BCUT2D eigenvalue weighted by molar-refractivity contribution is -0.156. The van der Waals surface area contributed by atoms with Gasteiger partial charge < -0.3 is 20.1 Å². The number of rotatable bonds is 8. The van der Waals surface area contributed by atoms with Gasteiger partial charge in [-0.2, -0.15) is 5.10 Å². The van der Waals surface area contributed by atoms with Gasteiger partial charge in [-0.05, 0) is 55.7 Å². The first kappa shape index (κ1) is 27.6. The fourth-order valence-electron chi connectivity index (χ4n) is 6.06. The highest BCUT2D eigenvalue weighted by molar-refractivity contribution is 6.04. The van der Waals surface area contributed by atoms with Gasteiger partial charge in [-0.25, -0.2) is 14.3 Å². The zero-order valence-corrected chi connectivity index (χ0v) is 23.3. The van der Waals surface area contributed by atoms with Crippen molar-refractivity contribution in [3.05, 3.63) is 65.6 Å². The number of nitrogens with zero attached hydrogens (tertiary/aromatic N) is 3. The van der Waals surface area contributed by atoms with Gasteiger partial charge in [-0.3, -0.25) is 9.59 Å². The third-order valence-electron chi connectivity index (χ3n) is 8.26. The Morgan fingerprint density at radius 1 is 1.12 bits per heavy atom. The second-order valence-electron chi connectivity index (χ2n) is 11.3. The average molecular weight is 548 g/mol. The molecule has 1 aliphatic carbocycles. The molecule has 1 saturated carbocycles. The van der Waals surface area contributed by atoms with Crippen LogP contribution >= 0.6 is 0 Å². The van der Waals surface area contributed by atoms with E-state index < -0.39 is 17.5 Å². The zero-order chi connectivity index (χ0) is 28.3. The number of nitrogens with one attached hydrogen (secondary N) is 2. The van der Waals surface area contributed by atoms with E-state index in [0.29, 0.717) is 29.4 Å². The van der Waals surface area contributed by atoms with Gasteiger partial charge in [0.25, 0.3) is 0 Å². The summed E-state index contributed by atoms with van der Waals surface area (Å²) in [5, 5.41) is 10.6. The predicted molar refractivity (Wildman–Crippen MR) is 147 cm³/mol. The van der Waals surface area contributed by atoms with Crippen molar-refractivity contribution in [3.63, 3.8) is 0 Å². The number of esters is 1. The number of aromatic nitrogens is 3. The minimum absolute atomic E-state index is 0.118. The fourth-order valence-corrected chi connectivity index (χ4v) is 6.06. The summed E-state index contributed by atoms with van der Waals surface area (Å²) in [6.07, 6.45) is 5.93. The van der Waals surface area contributed by atoms with Crippen molar-refractivity contribution in [3.8, 4) is 0 Å². The fraction of sp³-hybridized carbons (Fsp3) is 0.500. The lowest BCUT2D eigenvalue weighted by atomic mass is 9.78. The molecule has 0 spiro atoms. The van der Waals surface area contributed by atoms with E-state index >= 15 is 0 Å². The normalized spacial score (nSPS) is 25.3. The molecule has 3 atom stereocenters. The summed E-state index contributed by atoms with van der Waals surface area (Å²) in [6.45, 7) is 4.31. The number of ether oxygens (including phenoxy) is 2. The largest absolute Gasteiger partial charge is 0.468 e. The maximum atomic E-state index is 12.9. The molecule has 40 heavy (non-hydrogen) atoms. The quantitative estimate of drug-likeness (QED) is 0.321. The number of hydrogen-bond acceptors (Lipinski definition) is 7. The lowest BCUT2D eigenvalue weighted by Gasteiger charge is -2.32. The van der Waals surface area contributed by atoms with Crippen LogP contribution in [-0.4, -0.2) is 45.7 Å². The van der Waals surface area contributed by atoms with Crippen LogP contribution in [0.3, 0.4) is 0 Å². The van der Waals surface area contributed by atoms with Crippen LogP contribution in [-0.2, 0) is 32.1 Å². The molecule has 1 aromatic carbocycles. The Bertz CT molecular complexity index is 1360. The van der Waals surface area contributed by atoms with E-state index in [1.807, 2.05) is 49.5 Å². The highest BCUT2D eigenvalue weighted by Crippen LogP contribution is 2.37. The van der Waals surface area contributed by atoms with E-state index in [9.17, 15) is 14.4 Å². The van der Waals surface area contributed by atoms with E-state index in [0.717, 1.165) is 31.2 Å². The number of carbonyl (C=O) groups is 3. The summed E-state index contributed by atoms with van der Waals surface area (Å²) in [5.41, 5.74) is 1.49. The molecule has 1 saturated heterocycles. The second-order valence-corrected chi connectivity index (χ2v) is 11.3. The van der Waals surface area contributed by atoms with Crippen molar-refractivity contribution < 1.29 is 23.9 Å². The van der Waals surface area contributed by atoms with E-state index in [2.05, 4.69) is 17.6 Å². The summed E-state index contributed by atoms with van der Waals surface area (Å²) < 4.78 is 12.2. The van der Waals surface area contributed by atoms with Crippen molar-refractivity contribution in [2.75, 3.05) is 7.11 Å². The smallest absolute Gasteiger partial charge is 0.408 e. The number of fused-ring (bicyclic) bond motifs is 1. The molecule has 0 radical (unpaired) electrons. The Kier molecular flexibility index (Phi) is 8.04. The van der Waals surface area contributed by atoms with Crippen LogP contribution in [0.2, 0.25) is 0 Å². The van der Waals surface area contributed by atoms with Gasteiger partial charge in [0.05, 0.1) is 30.7 Å². The molecule has 3 aromatic rings. The minimum atomic E-state index is -1.32. The van der Waals surface area contributed by atoms with Crippen molar-refractivity contribution >= 4 is 23.6 Å². The topological polar surface area (TPSA) is 124 Å². The highest BCUT2D eigenvalue weighted by Gasteiger charge is 2.53. The highest BCUT2D eigenvalue weighted by atomic mass is 16.5. The van der Waals surface area contributed by atoms with Gasteiger partial charge in [0.15, 0.2) is 11.1 Å². The molecule has 2 amide bonds. The molecule has 1 aliphatic heterocycles. The van der Waals surface area contributed by atoms with Crippen LogP contribution in [0.5, 0.6) is 0 Å². The first-order chi connectivity index (χ1) is 19.3. The Balaban J connectivity index is 1.38. The van der Waals surface area contributed by atoms with Crippen LogP contribution in [0.4, 0.5) is 4.79 Å². The maximum Gasteiger partial charge on any atom is 0.408 e. The molecule has 2 aliphatic rings. The number of alkyl carbamates (subject to hydrolysis) is 1. The molecule has 3 heterocycles. The SMILES string of the molecule is COC(=O)C1(Cc2ccc3nc([C@@H](NC(=O)OCc4ccccc4)C4CCC(C)CC4)cn3n2)C[C@@H](C)NC1=O. The van der Waals surface area contributed by atoms with Crippen LogP contribution in [0, 0.1) is 17.3 Å². The predicted octanol–water partition coefficient (Wildman–Crippen LogP) is 4.13. The third-order valence-corrected chi connectivity index (χ3v) is 8.26. The molecule has 0 bridgehead atoms. The number of imidazole rings is 1. The maximum absolute atomic E-state index is 12.9. The molecular formula is C30H37N5O5. The molecule has 5 rings (SSSR count). The van der Waals surface area contributed by atoms with Gasteiger partial charge >= 0.3 is 12.1 Å². The summed E-state index contributed by atoms with van der Waals surface area (Å²) in [7, 11) is 1.29. The van der Waals surface area contributed by atoms with E-state index in [-0.39, 0.29) is 36.9 Å². The Morgan fingerprint density at radius 3 is 2.55 bits per heavy atom. The molecule has 10 nitrogen and oxygen atoms in total. The number of amides is 2. The standard InChI is InChI=1S/C30H37N5O5/c1-19-9-11-22(12-10-19)26(33-29(38)40-18-21-7-5-4-6-8-21)24-17-35-25(32-24)14-13-23(34-35)16-30(28(37)39-3)15-20(2)31-27(30)36/h4-8,13-14,17,19-20,22,26H,9-12,15-16,18H2,1-3H3,(H,31,36)(H,33,38)/t19?,20-,22?,26+,30?/m1/s1. The van der Waals surface area contributed by atoms with Crippen molar-refractivity contribution in [2.24, 2.45) is 17.3 Å². The third kappa shape index (κ3) is 5.80. The van der Waals surface area contributed by atoms with Gasteiger partial charge in [0, 0.05) is 12.5 Å². The lowest BCUT2D eigenvalue weighted by Crippen LogP contribution is -2.41. The van der Waals surface area contributed by atoms with Gasteiger partial charge in [0.1, 0.15) is 6.61 Å². The minimum Gasteiger partial charge on any atom is -0.468 e. The first-order valence-corrected chi connectivity index (χ1v) is 14.0. The Labute approximate surface area is 233 Å². The molecule has 2 N–H and O–H groups in total. The Hall–Kier alpha value is -3.95. The number of hydrogen-bond donors (Lipinski definition) is 2. The molecular weight excluding hydrogens is 510 g/mol. The Morgan fingerprint density at radius 2 is 1.88 bits per heavy atom. The molecule has 212 valence electrons. The molecule has 2 aromatic heterocycles. The first-order valence-electron chi connectivity index (χ1n) is 14.0. The molecule has 1 unspecified atom stereocenters. The van der Waals surface area contributed by atoms with E-state index in [4.69, 9.17) is 19.6 Å². The summed E-state index contributed by atoms with van der Waals surface area (Å²) in [6, 6.07) is 12.7. The summed E-state index contributed by atoms with van der Waals surface area (Å²) >= 11 is 0. The van der Waals surface area contributed by atoms with E-state index in [1.165, 1.54) is 7.11 Å². The van der Waals surface area contributed by atoms with Crippen LogP contribution in [0.25, 0.3) is 5.65 Å². The summed E-state index contributed by atoms with van der Waals surface area (Å²) in [5.74, 6) is -0.0294. The number of carbonyl (C=O) groups excluding carboxylic acids is 3. The second kappa shape index (κ2) is 11.7. The van der Waals surface area contributed by atoms with Gasteiger partial charge in [-0.1, -0.05) is 50.1 Å². The van der Waals surface area contributed by atoms with Crippen LogP contribution < -0.4 is 10.6 Å². The van der Waals surface area contributed by atoms with Gasteiger partial charge in [0.2, 0.25) is 5.91 Å². The zero-order valence-electron chi connectivity index (χ0n) is 23.3. The number of benzene rings is 1. The van der Waals surface area contributed by atoms with E-state index in [1.54, 1.807) is 10.6 Å². The van der Waals surface area contributed by atoms with Crippen LogP contribution in [0.15, 0.2) is 48.7 Å². The monoisotopic (exact) mass is 547 g/mol. The average Bonchev–Trinajstić information content (AvgIpc) is 3.50. The molecule has 10 heteroatoms. The van der Waals surface area contributed by atoms with Crippen molar-refractivity contribution in [1.82, 2.24) is 25.2 Å².